The van der Waals surface area contributed by atoms with Crippen molar-refractivity contribution in [2.45, 2.75) is 39.7 Å². The number of carboxylic acids is 1. The summed E-state index contributed by atoms with van der Waals surface area (Å²) in [6.45, 7) is 5.25. The summed E-state index contributed by atoms with van der Waals surface area (Å²) in [7, 11) is 0. The van der Waals surface area contributed by atoms with Gasteiger partial charge in [-0.15, -0.1) is 0 Å². The van der Waals surface area contributed by atoms with Crippen molar-refractivity contribution in [2.24, 2.45) is 17.8 Å². The Hall–Kier alpha value is -1.06. The Kier molecular flexibility index (Phi) is 3.72. The molecule has 0 aromatic heterocycles. The van der Waals surface area contributed by atoms with Crippen LogP contribution in [-0.2, 0) is 9.59 Å². The third-order valence-electron chi connectivity index (χ3n) is 3.25. The number of amides is 1. The predicted octanol–water partition coefficient (Wildman–Crippen LogP) is 1.26. The van der Waals surface area contributed by atoms with Crippen molar-refractivity contribution in [1.82, 2.24) is 5.32 Å². The molecule has 1 saturated carbocycles. The Balaban J connectivity index is 2.39. The van der Waals surface area contributed by atoms with Gasteiger partial charge in [-0.25, -0.2) is 0 Å². The molecule has 3 unspecified atom stereocenters. The van der Waals surface area contributed by atoms with E-state index in [-0.39, 0.29) is 17.9 Å². The summed E-state index contributed by atoms with van der Waals surface area (Å²) >= 11 is 0. The highest BCUT2D eigenvalue weighted by molar-refractivity contribution is 5.80. The number of carboxylic acid groups (broad SMARTS) is 1. The predicted molar refractivity (Wildman–Crippen MR) is 56.3 cm³/mol. The lowest BCUT2D eigenvalue weighted by atomic mass is 10.0. The standard InChI is InChI=1S/C11H19NO3/c1-6(11(14)15)8(3)12-10(13)7(2)9-4-5-9/h6-9H,4-5H2,1-3H3,(H,12,13)(H,14,15). The molecule has 15 heavy (non-hydrogen) atoms. The normalized spacial score (nSPS) is 21.5. The highest BCUT2D eigenvalue weighted by Crippen LogP contribution is 2.36. The molecule has 0 bridgehead atoms. The molecule has 0 aromatic carbocycles. The van der Waals surface area contributed by atoms with E-state index < -0.39 is 11.9 Å². The van der Waals surface area contributed by atoms with Crippen molar-refractivity contribution in [3.8, 4) is 0 Å². The van der Waals surface area contributed by atoms with Gasteiger partial charge >= 0.3 is 5.97 Å². The van der Waals surface area contributed by atoms with E-state index in [4.69, 9.17) is 5.11 Å². The molecule has 1 amide bonds. The van der Waals surface area contributed by atoms with Crippen molar-refractivity contribution in [3.63, 3.8) is 0 Å². The fourth-order valence-corrected chi connectivity index (χ4v) is 1.51. The number of rotatable bonds is 5. The van der Waals surface area contributed by atoms with E-state index in [0.717, 1.165) is 12.8 Å². The third-order valence-corrected chi connectivity index (χ3v) is 3.25. The van der Waals surface area contributed by atoms with Crippen molar-refractivity contribution >= 4 is 11.9 Å². The molecular formula is C11H19NO3. The van der Waals surface area contributed by atoms with Crippen molar-refractivity contribution in [2.75, 3.05) is 0 Å². The van der Waals surface area contributed by atoms with Gasteiger partial charge in [0.25, 0.3) is 0 Å². The molecule has 0 heterocycles. The van der Waals surface area contributed by atoms with Crippen LogP contribution in [0, 0.1) is 17.8 Å². The number of carbonyl (C=O) groups is 2. The van der Waals surface area contributed by atoms with Crippen LogP contribution in [0.1, 0.15) is 33.6 Å². The van der Waals surface area contributed by atoms with Gasteiger partial charge in [0.15, 0.2) is 0 Å². The zero-order valence-corrected chi connectivity index (χ0v) is 9.49. The van der Waals surface area contributed by atoms with Crippen molar-refractivity contribution in [3.05, 3.63) is 0 Å². The fraction of sp³-hybridized carbons (Fsp3) is 0.818. The van der Waals surface area contributed by atoms with Crippen molar-refractivity contribution < 1.29 is 14.7 Å². The maximum Gasteiger partial charge on any atom is 0.308 e. The number of nitrogens with one attached hydrogen (secondary N) is 1. The zero-order chi connectivity index (χ0) is 11.6. The molecule has 86 valence electrons. The smallest absolute Gasteiger partial charge is 0.308 e. The van der Waals surface area contributed by atoms with Crippen LogP contribution in [0.25, 0.3) is 0 Å². The molecule has 1 aliphatic rings. The molecule has 0 aromatic rings. The van der Waals surface area contributed by atoms with E-state index in [0.29, 0.717) is 5.92 Å². The molecule has 1 fully saturated rings. The molecule has 4 heteroatoms. The molecule has 0 radical (unpaired) electrons. The molecule has 1 aliphatic carbocycles. The number of hydrogen-bond acceptors (Lipinski definition) is 2. The molecule has 0 aliphatic heterocycles. The minimum absolute atomic E-state index is 0.0156. The minimum Gasteiger partial charge on any atom is -0.481 e. The van der Waals surface area contributed by atoms with Gasteiger partial charge in [0.1, 0.15) is 0 Å². The molecule has 2 N–H and O–H groups in total. The first kappa shape index (κ1) is 12.0. The van der Waals surface area contributed by atoms with Crippen LogP contribution < -0.4 is 5.32 Å². The van der Waals surface area contributed by atoms with Crippen LogP contribution in [0.2, 0.25) is 0 Å². The third kappa shape index (κ3) is 3.22. The Labute approximate surface area is 90.0 Å². The molecule has 4 nitrogen and oxygen atoms in total. The Morgan fingerprint density at radius 3 is 2.20 bits per heavy atom. The highest BCUT2D eigenvalue weighted by Gasteiger charge is 2.33. The maximum atomic E-state index is 11.7. The molecule has 0 saturated heterocycles. The van der Waals surface area contributed by atoms with E-state index in [1.54, 1.807) is 13.8 Å². The topological polar surface area (TPSA) is 66.4 Å². The summed E-state index contributed by atoms with van der Waals surface area (Å²) < 4.78 is 0. The largest absolute Gasteiger partial charge is 0.481 e. The summed E-state index contributed by atoms with van der Waals surface area (Å²) in [5.74, 6) is -0.897. The maximum absolute atomic E-state index is 11.7. The lowest BCUT2D eigenvalue weighted by Crippen LogP contribution is -2.42. The van der Waals surface area contributed by atoms with E-state index in [1.807, 2.05) is 6.92 Å². The SMILES string of the molecule is CC(NC(=O)C(C)C1CC1)C(C)C(=O)O. The number of hydrogen-bond donors (Lipinski definition) is 2. The van der Waals surface area contributed by atoms with Crippen LogP contribution in [0.3, 0.4) is 0 Å². The monoisotopic (exact) mass is 213 g/mol. The first-order valence-electron chi connectivity index (χ1n) is 5.46. The summed E-state index contributed by atoms with van der Waals surface area (Å²) in [6, 6.07) is -0.309. The first-order valence-corrected chi connectivity index (χ1v) is 5.46. The summed E-state index contributed by atoms with van der Waals surface area (Å²) in [5, 5.41) is 11.5. The number of aliphatic carboxylic acids is 1. The Bertz CT molecular complexity index is 261. The zero-order valence-electron chi connectivity index (χ0n) is 9.49. The van der Waals surface area contributed by atoms with E-state index in [1.165, 1.54) is 0 Å². The van der Waals surface area contributed by atoms with E-state index in [2.05, 4.69) is 5.32 Å². The Morgan fingerprint density at radius 1 is 1.27 bits per heavy atom. The number of carbonyl (C=O) groups excluding carboxylic acids is 1. The van der Waals surface area contributed by atoms with Gasteiger partial charge in [0.05, 0.1) is 5.92 Å². The van der Waals surface area contributed by atoms with Gasteiger partial charge in [-0.2, -0.15) is 0 Å². The second-order valence-corrected chi connectivity index (χ2v) is 4.55. The molecule has 3 atom stereocenters. The van der Waals surface area contributed by atoms with Gasteiger partial charge in [-0.05, 0) is 32.6 Å². The minimum atomic E-state index is -0.873. The summed E-state index contributed by atoms with van der Waals surface area (Å²) in [6.07, 6.45) is 2.24. The van der Waals surface area contributed by atoms with Crippen LogP contribution in [-0.4, -0.2) is 23.0 Å². The second kappa shape index (κ2) is 4.64. The van der Waals surface area contributed by atoms with Crippen LogP contribution in [0.4, 0.5) is 0 Å². The average Bonchev–Trinajstić information content (AvgIpc) is 2.98. The van der Waals surface area contributed by atoms with Gasteiger partial charge in [0, 0.05) is 12.0 Å². The van der Waals surface area contributed by atoms with Crippen LogP contribution in [0.5, 0.6) is 0 Å². The lowest BCUT2D eigenvalue weighted by molar-refractivity contribution is -0.142. The fourth-order valence-electron chi connectivity index (χ4n) is 1.51. The highest BCUT2D eigenvalue weighted by atomic mass is 16.4. The van der Waals surface area contributed by atoms with Gasteiger partial charge in [-0.1, -0.05) is 6.92 Å². The van der Waals surface area contributed by atoms with Crippen LogP contribution >= 0.6 is 0 Å². The van der Waals surface area contributed by atoms with Crippen molar-refractivity contribution in [1.29, 1.82) is 0 Å². The van der Waals surface area contributed by atoms with E-state index >= 15 is 0 Å². The second-order valence-electron chi connectivity index (χ2n) is 4.55. The van der Waals surface area contributed by atoms with Gasteiger partial charge in [-0.3, -0.25) is 9.59 Å². The molecule has 0 spiro atoms. The van der Waals surface area contributed by atoms with Gasteiger partial charge < -0.3 is 10.4 Å². The average molecular weight is 213 g/mol. The van der Waals surface area contributed by atoms with Crippen LogP contribution in [0.15, 0.2) is 0 Å². The quantitative estimate of drug-likeness (QED) is 0.722. The summed E-state index contributed by atoms with van der Waals surface area (Å²) in [4.78, 5) is 22.3. The molecular weight excluding hydrogens is 194 g/mol. The first-order chi connectivity index (χ1) is 6.93. The summed E-state index contributed by atoms with van der Waals surface area (Å²) in [5.41, 5.74) is 0. The van der Waals surface area contributed by atoms with E-state index in [9.17, 15) is 9.59 Å². The van der Waals surface area contributed by atoms with Gasteiger partial charge in [0.2, 0.25) is 5.91 Å². The Morgan fingerprint density at radius 2 is 1.80 bits per heavy atom. The lowest BCUT2D eigenvalue weighted by Gasteiger charge is -2.20. The molecule has 1 rings (SSSR count).